The van der Waals surface area contributed by atoms with Gasteiger partial charge in [-0.2, -0.15) is 0 Å². The number of aromatic hydroxyl groups is 1. The monoisotopic (exact) mass is 686 g/mol. The number of phenols is 1. The van der Waals surface area contributed by atoms with E-state index >= 15 is 0 Å². The highest BCUT2D eigenvalue weighted by atomic mass is 16.6. The van der Waals surface area contributed by atoms with Crippen molar-refractivity contribution in [3.8, 4) is 5.75 Å². The van der Waals surface area contributed by atoms with E-state index < -0.39 is 114 Å². The number of aliphatic carboxylic acids is 2. The predicted octanol–water partition coefficient (Wildman–Crippen LogP) is 1.34. The lowest BCUT2D eigenvalue weighted by molar-refractivity contribution is -0.385. The number of carboxylic acids is 2. The molecule has 0 aliphatic rings. The van der Waals surface area contributed by atoms with Gasteiger partial charge in [0, 0.05) is 12.5 Å². The molecule has 0 saturated carbocycles. The number of nitrogens with zero attached hydrogens (tertiary/aromatic N) is 1. The SMILES string of the molecule is Cc1cccc(C)c1C(=O)OCC(=O)[C@H](CC(=O)O)NC(=O)[C@@H](NC(=O)[C@H](CCC(=O)O)NC(=O)Cc1ccc(O)c([N+](=O)[O-])c1)C(C)C. The maximum absolute atomic E-state index is 13.3. The number of nitro groups is 1. The van der Waals surface area contributed by atoms with Crippen molar-refractivity contribution in [3.63, 3.8) is 0 Å². The second-order valence-corrected chi connectivity index (χ2v) is 11.5. The molecule has 0 heterocycles. The first-order chi connectivity index (χ1) is 22.9. The van der Waals surface area contributed by atoms with Crippen molar-refractivity contribution in [2.75, 3.05) is 6.61 Å². The van der Waals surface area contributed by atoms with E-state index in [-0.39, 0.29) is 11.1 Å². The lowest BCUT2D eigenvalue weighted by Crippen LogP contribution is -2.58. The van der Waals surface area contributed by atoms with Crippen LogP contribution >= 0.6 is 0 Å². The number of ketones is 1. The number of carbonyl (C=O) groups excluding carboxylic acids is 5. The van der Waals surface area contributed by atoms with Gasteiger partial charge in [-0.1, -0.05) is 38.1 Å². The summed E-state index contributed by atoms with van der Waals surface area (Å²) in [4.78, 5) is 98.0. The molecular weight excluding hydrogens is 648 g/mol. The molecule has 2 rings (SSSR count). The smallest absolute Gasteiger partial charge is 0.339 e. The van der Waals surface area contributed by atoms with Crippen LogP contribution in [0.5, 0.6) is 5.75 Å². The minimum absolute atomic E-state index is 0.104. The van der Waals surface area contributed by atoms with Crippen LogP contribution in [0.4, 0.5) is 5.69 Å². The molecule has 3 atom stereocenters. The summed E-state index contributed by atoms with van der Waals surface area (Å²) in [5, 5.41) is 46.3. The zero-order valence-electron chi connectivity index (χ0n) is 27.2. The number of Topliss-reactive ketones (excluding diaryl/α,β-unsaturated/α-hetero) is 1. The van der Waals surface area contributed by atoms with E-state index in [9.17, 15) is 53.9 Å². The average molecular weight is 687 g/mol. The van der Waals surface area contributed by atoms with Crippen LogP contribution in [-0.2, 0) is 39.9 Å². The molecule has 264 valence electrons. The van der Waals surface area contributed by atoms with E-state index in [1.807, 2.05) is 0 Å². The summed E-state index contributed by atoms with van der Waals surface area (Å²) in [6.45, 7) is 5.51. The van der Waals surface area contributed by atoms with E-state index in [0.717, 1.165) is 12.1 Å². The van der Waals surface area contributed by atoms with E-state index in [4.69, 9.17) is 9.84 Å². The number of hydrogen-bond acceptors (Lipinski definition) is 11. The molecule has 17 heteroatoms. The van der Waals surface area contributed by atoms with Gasteiger partial charge >= 0.3 is 23.6 Å². The Labute approximate surface area is 280 Å². The second-order valence-electron chi connectivity index (χ2n) is 11.5. The molecule has 17 nitrogen and oxygen atoms in total. The van der Waals surface area contributed by atoms with Crippen LogP contribution in [0.15, 0.2) is 36.4 Å². The van der Waals surface area contributed by atoms with Gasteiger partial charge in [0.1, 0.15) is 18.1 Å². The fourth-order valence-electron chi connectivity index (χ4n) is 4.71. The molecular formula is C32H38N4O13. The lowest BCUT2D eigenvalue weighted by Gasteiger charge is -2.27. The standard InChI is InChI=1S/C32H38N4O13/c1-16(2)29(31(45)34-21(14-27(42)43)24(38)15-49-32(46)28-17(3)6-5-7-18(28)4)35-30(44)20(9-11-26(40)41)33-25(39)13-19-8-10-23(37)22(12-19)36(47)48/h5-8,10,12,16,20-21,29,37H,9,11,13-15H2,1-4H3,(H,33,39)(H,34,45)(H,35,44)(H,40,41)(H,42,43)/t20-,21-,29-/m0/s1. The fourth-order valence-corrected chi connectivity index (χ4v) is 4.71. The summed E-state index contributed by atoms with van der Waals surface area (Å²) in [6, 6.07) is 3.71. The molecule has 6 N–H and O–H groups in total. The summed E-state index contributed by atoms with van der Waals surface area (Å²) in [7, 11) is 0. The van der Waals surface area contributed by atoms with Gasteiger partial charge in [0.2, 0.25) is 17.7 Å². The Morgan fingerprint density at radius 2 is 1.51 bits per heavy atom. The number of aryl methyl sites for hydroxylation is 2. The van der Waals surface area contributed by atoms with Crippen LogP contribution < -0.4 is 16.0 Å². The molecule has 2 aromatic carbocycles. The minimum Gasteiger partial charge on any atom is -0.502 e. The van der Waals surface area contributed by atoms with Crippen molar-refractivity contribution in [1.82, 2.24) is 16.0 Å². The molecule has 0 unspecified atom stereocenters. The summed E-state index contributed by atoms with van der Waals surface area (Å²) < 4.78 is 5.11. The number of ether oxygens (including phenoxy) is 1. The number of amides is 3. The van der Waals surface area contributed by atoms with Crippen LogP contribution in [0, 0.1) is 29.9 Å². The summed E-state index contributed by atoms with van der Waals surface area (Å²) in [5.74, 6) is -8.62. The summed E-state index contributed by atoms with van der Waals surface area (Å²) in [5.41, 5.74) is 0.852. The fraction of sp³-hybridized carbons (Fsp3) is 0.406. The van der Waals surface area contributed by atoms with Crippen molar-refractivity contribution in [2.24, 2.45) is 5.92 Å². The third-order valence-corrected chi connectivity index (χ3v) is 7.26. The van der Waals surface area contributed by atoms with Gasteiger partial charge in [0.05, 0.1) is 23.3 Å². The number of carboxylic acid groups (broad SMARTS) is 2. The first-order valence-electron chi connectivity index (χ1n) is 15.0. The van der Waals surface area contributed by atoms with E-state index in [0.29, 0.717) is 11.1 Å². The summed E-state index contributed by atoms with van der Waals surface area (Å²) >= 11 is 0. The highest BCUT2D eigenvalue weighted by Crippen LogP contribution is 2.26. The Kier molecular flexibility index (Phi) is 14.3. The third kappa shape index (κ3) is 12.0. The van der Waals surface area contributed by atoms with Crippen LogP contribution in [-0.4, -0.2) is 86.4 Å². The number of rotatable bonds is 18. The Hall–Kier alpha value is -5.87. The molecule has 0 aromatic heterocycles. The first kappa shape index (κ1) is 39.3. The van der Waals surface area contributed by atoms with Crippen molar-refractivity contribution in [1.29, 1.82) is 0 Å². The van der Waals surface area contributed by atoms with E-state index in [1.54, 1.807) is 32.0 Å². The van der Waals surface area contributed by atoms with Gasteiger partial charge in [-0.3, -0.25) is 38.9 Å². The van der Waals surface area contributed by atoms with Crippen molar-refractivity contribution in [2.45, 2.75) is 71.5 Å². The Morgan fingerprint density at radius 3 is 2.06 bits per heavy atom. The maximum atomic E-state index is 13.3. The number of nitro benzene ring substituents is 1. The van der Waals surface area contributed by atoms with Crippen molar-refractivity contribution < 1.29 is 58.5 Å². The van der Waals surface area contributed by atoms with Crippen LogP contribution in [0.25, 0.3) is 0 Å². The molecule has 0 saturated heterocycles. The predicted molar refractivity (Wildman–Crippen MR) is 169 cm³/mol. The van der Waals surface area contributed by atoms with Crippen LogP contribution in [0.3, 0.4) is 0 Å². The number of phenolic OH excluding ortho intramolecular Hbond substituents is 1. The zero-order valence-corrected chi connectivity index (χ0v) is 27.2. The van der Waals surface area contributed by atoms with Crippen LogP contribution in [0.2, 0.25) is 0 Å². The Balaban J connectivity index is 2.18. The van der Waals surface area contributed by atoms with E-state index in [1.165, 1.54) is 19.9 Å². The lowest BCUT2D eigenvalue weighted by atomic mass is 10.0. The molecule has 49 heavy (non-hydrogen) atoms. The molecule has 0 bridgehead atoms. The highest BCUT2D eigenvalue weighted by molar-refractivity contribution is 5.98. The maximum Gasteiger partial charge on any atom is 0.339 e. The Bertz CT molecular complexity index is 1600. The normalized spacial score (nSPS) is 12.6. The van der Waals surface area contributed by atoms with Gasteiger partial charge in [0.25, 0.3) is 0 Å². The molecule has 0 fully saturated rings. The number of carbonyl (C=O) groups is 7. The van der Waals surface area contributed by atoms with Crippen LogP contribution in [0.1, 0.15) is 60.2 Å². The van der Waals surface area contributed by atoms with Gasteiger partial charge in [0.15, 0.2) is 18.1 Å². The molecule has 0 radical (unpaired) electrons. The van der Waals surface area contributed by atoms with Gasteiger partial charge in [-0.05, 0) is 48.9 Å². The summed E-state index contributed by atoms with van der Waals surface area (Å²) in [6.07, 6.45) is -2.35. The Morgan fingerprint density at radius 1 is 0.878 bits per heavy atom. The van der Waals surface area contributed by atoms with Gasteiger partial charge in [-0.15, -0.1) is 0 Å². The molecule has 0 aliphatic carbocycles. The van der Waals surface area contributed by atoms with Crippen molar-refractivity contribution in [3.05, 3.63) is 68.8 Å². The number of nitrogens with one attached hydrogen (secondary N) is 3. The first-order valence-corrected chi connectivity index (χ1v) is 15.0. The van der Waals surface area contributed by atoms with Gasteiger partial charge in [-0.25, -0.2) is 4.79 Å². The molecule has 0 aliphatic heterocycles. The van der Waals surface area contributed by atoms with Crippen molar-refractivity contribution >= 4 is 47.1 Å². The van der Waals surface area contributed by atoms with Gasteiger partial charge < -0.3 is 36.0 Å². The highest BCUT2D eigenvalue weighted by Gasteiger charge is 2.33. The molecule has 0 spiro atoms. The minimum atomic E-state index is -1.66. The van der Waals surface area contributed by atoms with E-state index in [2.05, 4.69) is 16.0 Å². The third-order valence-electron chi connectivity index (χ3n) is 7.26. The average Bonchev–Trinajstić information content (AvgIpc) is 3.00. The zero-order chi connectivity index (χ0) is 37.0. The quantitative estimate of drug-likeness (QED) is 0.0735. The molecule has 2 aromatic rings. The second kappa shape index (κ2) is 17.9. The topological polar surface area (TPSA) is 269 Å². The number of hydrogen-bond donors (Lipinski definition) is 6. The molecule has 3 amide bonds. The number of esters is 1. The largest absolute Gasteiger partial charge is 0.502 e. The number of benzene rings is 2.